The highest BCUT2D eigenvalue weighted by atomic mass is 32.2. The number of hydrogen-bond acceptors (Lipinski definition) is 3. The van der Waals surface area contributed by atoms with Crippen molar-refractivity contribution in [1.82, 2.24) is 4.98 Å². The molecule has 0 aliphatic heterocycles. The van der Waals surface area contributed by atoms with Crippen molar-refractivity contribution in [2.24, 2.45) is 0 Å². The highest BCUT2D eigenvalue weighted by Crippen LogP contribution is 2.22. The molecule has 0 bridgehead atoms. The highest BCUT2D eigenvalue weighted by Gasteiger charge is 1.96. The molecule has 0 unspecified atom stereocenters. The molecule has 0 amide bonds. The summed E-state index contributed by atoms with van der Waals surface area (Å²) < 4.78 is 0. The van der Waals surface area contributed by atoms with Gasteiger partial charge in [0.15, 0.2) is 0 Å². The molecule has 0 aliphatic rings. The second kappa shape index (κ2) is 4.84. The van der Waals surface area contributed by atoms with Gasteiger partial charge in [0.1, 0.15) is 5.82 Å². The number of rotatable bonds is 3. The van der Waals surface area contributed by atoms with Crippen LogP contribution in [0.5, 0.6) is 0 Å². The van der Waals surface area contributed by atoms with Crippen molar-refractivity contribution in [2.45, 2.75) is 10.6 Å². The van der Waals surface area contributed by atoms with E-state index in [0.717, 1.165) is 10.6 Å². The summed E-state index contributed by atoms with van der Waals surface area (Å²) in [5, 5.41) is 0. The minimum absolute atomic E-state index is 0.577. The number of thioether (sulfide) groups is 1. The van der Waals surface area contributed by atoms with Gasteiger partial charge in [0.2, 0.25) is 0 Å². The lowest BCUT2D eigenvalue weighted by atomic mass is 10.2. The van der Waals surface area contributed by atoms with Crippen LogP contribution in [0.4, 0.5) is 5.82 Å². The van der Waals surface area contributed by atoms with Crippen LogP contribution in [0.3, 0.4) is 0 Å². The maximum atomic E-state index is 5.60. The van der Waals surface area contributed by atoms with E-state index in [2.05, 4.69) is 29.2 Å². The lowest BCUT2D eigenvalue weighted by Gasteiger charge is -2.02. The summed E-state index contributed by atoms with van der Waals surface area (Å²) in [7, 11) is 0. The van der Waals surface area contributed by atoms with Crippen LogP contribution in [-0.4, -0.2) is 4.98 Å². The zero-order chi connectivity index (χ0) is 10.5. The van der Waals surface area contributed by atoms with Crippen LogP contribution in [-0.2, 0) is 5.75 Å². The van der Waals surface area contributed by atoms with Crippen molar-refractivity contribution in [3.8, 4) is 0 Å². The van der Waals surface area contributed by atoms with Crippen molar-refractivity contribution in [1.29, 1.82) is 0 Å². The molecular weight excluding hydrogens is 204 g/mol. The van der Waals surface area contributed by atoms with Gasteiger partial charge in [-0.05, 0) is 17.7 Å². The third kappa shape index (κ3) is 2.99. The zero-order valence-electron chi connectivity index (χ0n) is 8.26. The van der Waals surface area contributed by atoms with E-state index < -0.39 is 0 Å². The van der Waals surface area contributed by atoms with Crippen molar-refractivity contribution in [3.05, 3.63) is 54.2 Å². The number of aromatic nitrogens is 1. The number of nitrogen functional groups attached to an aromatic ring is 1. The van der Waals surface area contributed by atoms with E-state index in [4.69, 9.17) is 5.73 Å². The Bertz CT molecular complexity index is 429. The Balaban J connectivity index is 1.99. The van der Waals surface area contributed by atoms with E-state index in [9.17, 15) is 0 Å². The van der Waals surface area contributed by atoms with Gasteiger partial charge in [-0.2, -0.15) is 0 Å². The molecule has 1 aromatic carbocycles. The van der Waals surface area contributed by atoms with Gasteiger partial charge in [-0.1, -0.05) is 30.3 Å². The topological polar surface area (TPSA) is 38.9 Å². The minimum Gasteiger partial charge on any atom is -0.384 e. The van der Waals surface area contributed by atoms with E-state index in [1.807, 2.05) is 18.2 Å². The lowest BCUT2D eigenvalue weighted by molar-refractivity contribution is 1.27. The Labute approximate surface area is 93.5 Å². The first-order chi connectivity index (χ1) is 7.34. The number of benzene rings is 1. The first-order valence-electron chi connectivity index (χ1n) is 4.73. The fraction of sp³-hybridized carbons (Fsp3) is 0.0833. The molecule has 2 N–H and O–H groups in total. The molecule has 1 heterocycles. The predicted molar refractivity (Wildman–Crippen MR) is 64.7 cm³/mol. The summed E-state index contributed by atoms with van der Waals surface area (Å²) >= 11 is 1.77. The average Bonchev–Trinajstić information content (AvgIpc) is 2.28. The third-order valence-electron chi connectivity index (χ3n) is 2.00. The van der Waals surface area contributed by atoms with Gasteiger partial charge in [0, 0.05) is 16.8 Å². The van der Waals surface area contributed by atoms with Crippen LogP contribution in [0.1, 0.15) is 5.56 Å². The molecule has 2 aromatic rings. The number of anilines is 1. The normalized spacial score (nSPS) is 10.1. The highest BCUT2D eigenvalue weighted by molar-refractivity contribution is 7.98. The zero-order valence-corrected chi connectivity index (χ0v) is 9.08. The Kier molecular flexibility index (Phi) is 3.25. The van der Waals surface area contributed by atoms with Crippen LogP contribution in [0, 0.1) is 0 Å². The molecule has 2 rings (SSSR count). The van der Waals surface area contributed by atoms with Gasteiger partial charge in [-0.15, -0.1) is 11.8 Å². The van der Waals surface area contributed by atoms with Crippen LogP contribution >= 0.6 is 11.8 Å². The van der Waals surface area contributed by atoms with Gasteiger partial charge in [-0.25, -0.2) is 4.98 Å². The quantitative estimate of drug-likeness (QED) is 0.802. The molecule has 2 nitrogen and oxygen atoms in total. The molecule has 3 heteroatoms. The van der Waals surface area contributed by atoms with E-state index in [1.165, 1.54) is 5.56 Å². The van der Waals surface area contributed by atoms with Crippen LogP contribution in [0.15, 0.2) is 53.6 Å². The summed E-state index contributed by atoms with van der Waals surface area (Å²) in [6.45, 7) is 0. The Morgan fingerprint density at radius 2 is 1.93 bits per heavy atom. The molecule has 0 atom stereocenters. The molecule has 76 valence electrons. The van der Waals surface area contributed by atoms with Crippen LogP contribution in [0.25, 0.3) is 0 Å². The maximum Gasteiger partial charge on any atom is 0.124 e. The lowest BCUT2D eigenvalue weighted by Crippen LogP contribution is -1.88. The first-order valence-corrected chi connectivity index (χ1v) is 5.71. The van der Waals surface area contributed by atoms with Gasteiger partial charge >= 0.3 is 0 Å². The largest absolute Gasteiger partial charge is 0.384 e. The summed E-state index contributed by atoms with van der Waals surface area (Å²) in [6.07, 6.45) is 1.74. The second-order valence-corrected chi connectivity index (χ2v) is 4.24. The Hall–Kier alpha value is -1.48. The standard InChI is InChI=1S/C12H12N2S/c13-12-8-11(6-7-14-12)15-9-10-4-2-1-3-5-10/h1-8H,9H2,(H2,13,14). The molecule has 1 aromatic heterocycles. The van der Waals surface area contributed by atoms with E-state index in [-0.39, 0.29) is 0 Å². The maximum absolute atomic E-state index is 5.60. The van der Waals surface area contributed by atoms with Crippen molar-refractivity contribution in [2.75, 3.05) is 5.73 Å². The molecule has 0 radical (unpaired) electrons. The summed E-state index contributed by atoms with van der Waals surface area (Å²) in [6, 6.07) is 14.2. The third-order valence-corrected chi connectivity index (χ3v) is 3.07. The summed E-state index contributed by atoms with van der Waals surface area (Å²) in [5.74, 6) is 1.54. The molecule has 0 fully saturated rings. The first kappa shape index (κ1) is 10.1. The number of nitrogens with zero attached hydrogens (tertiary/aromatic N) is 1. The second-order valence-electron chi connectivity index (χ2n) is 3.19. The van der Waals surface area contributed by atoms with E-state index in [1.54, 1.807) is 18.0 Å². The van der Waals surface area contributed by atoms with Crippen LogP contribution in [0.2, 0.25) is 0 Å². The molecule has 15 heavy (non-hydrogen) atoms. The molecule has 0 spiro atoms. The van der Waals surface area contributed by atoms with Crippen molar-refractivity contribution < 1.29 is 0 Å². The monoisotopic (exact) mass is 216 g/mol. The molecule has 0 saturated heterocycles. The van der Waals surface area contributed by atoms with Gasteiger partial charge in [-0.3, -0.25) is 0 Å². The van der Waals surface area contributed by atoms with Crippen molar-refractivity contribution in [3.63, 3.8) is 0 Å². The Morgan fingerprint density at radius 1 is 1.13 bits per heavy atom. The van der Waals surface area contributed by atoms with E-state index in [0.29, 0.717) is 5.82 Å². The molecule has 0 aliphatic carbocycles. The average molecular weight is 216 g/mol. The molecule has 0 saturated carbocycles. The SMILES string of the molecule is Nc1cc(SCc2ccccc2)ccn1. The minimum atomic E-state index is 0.577. The number of pyridine rings is 1. The number of nitrogens with two attached hydrogens (primary N) is 1. The van der Waals surface area contributed by atoms with Crippen LogP contribution < -0.4 is 5.73 Å². The predicted octanol–water partition coefficient (Wildman–Crippen LogP) is 2.96. The van der Waals surface area contributed by atoms with Gasteiger partial charge in [0.25, 0.3) is 0 Å². The summed E-state index contributed by atoms with van der Waals surface area (Å²) in [4.78, 5) is 5.12. The molecular formula is C12H12N2S. The van der Waals surface area contributed by atoms with Gasteiger partial charge in [0.05, 0.1) is 0 Å². The smallest absolute Gasteiger partial charge is 0.124 e. The van der Waals surface area contributed by atoms with Gasteiger partial charge < -0.3 is 5.73 Å². The summed E-state index contributed by atoms with van der Waals surface area (Å²) in [5.41, 5.74) is 6.92. The fourth-order valence-electron chi connectivity index (χ4n) is 1.26. The van der Waals surface area contributed by atoms with E-state index >= 15 is 0 Å². The van der Waals surface area contributed by atoms with Crippen molar-refractivity contribution >= 4 is 17.6 Å². The Morgan fingerprint density at radius 3 is 2.67 bits per heavy atom. The fourth-order valence-corrected chi connectivity index (χ4v) is 2.15. The number of hydrogen-bond donors (Lipinski definition) is 1.